The lowest BCUT2D eigenvalue weighted by Gasteiger charge is -2.23. The summed E-state index contributed by atoms with van der Waals surface area (Å²) in [5.74, 6) is 0. The van der Waals surface area contributed by atoms with Crippen LogP contribution in [0.25, 0.3) is 0 Å². The lowest BCUT2D eigenvalue weighted by atomic mass is 10.0. The van der Waals surface area contributed by atoms with Crippen LogP contribution in [0.3, 0.4) is 0 Å². The van der Waals surface area contributed by atoms with Gasteiger partial charge < -0.3 is 35.8 Å². The molecule has 5 nitrogen and oxygen atoms in total. The number of unbranched alkanes of at least 4 members (excludes halogenated alkanes) is 13. The topological polar surface area (TPSA) is 36.9 Å². The summed E-state index contributed by atoms with van der Waals surface area (Å²) in [7, 11) is 6.53. The fraction of sp³-hybridized carbons (Fsp3) is 1.00. The Hall–Kier alpha value is 0.0900. The fourth-order valence-corrected chi connectivity index (χ4v) is 4.43. The Kier molecular flexibility index (Phi) is 31.8. The summed E-state index contributed by atoms with van der Waals surface area (Å²) in [4.78, 5) is 0. The SMILES string of the molecule is CCCCCCCCCCCCCCCCC(C)OC(C)CCOCCCOCCOCC[N+](C)(C)C.[Cl-]. The molecule has 6 heteroatoms. The zero-order valence-electron chi connectivity index (χ0n) is 26.6. The van der Waals surface area contributed by atoms with E-state index in [2.05, 4.69) is 41.9 Å². The molecule has 0 N–H and O–H groups in total. The zero-order valence-corrected chi connectivity index (χ0v) is 27.3. The minimum atomic E-state index is 0. The van der Waals surface area contributed by atoms with E-state index in [1.165, 1.54) is 96.3 Å². The Morgan fingerprint density at radius 3 is 1.39 bits per heavy atom. The molecule has 0 saturated heterocycles. The highest BCUT2D eigenvalue weighted by Gasteiger charge is 2.09. The van der Waals surface area contributed by atoms with E-state index < -0.39 is 0 Å². The Morgan fingerprint density at radius 1 is 0.474 bits per heavy atom. The highest BCUT2D eigenvalue weighted by atomic mass is 35.5. The van der Waals surface area contributed by atoms with Gasteiger partial charge in [-0.25, -0.2) is 0 Å². The molecule has 0 fully saturated rings. The van der Waals surface area contributed by atoms with Gasteiger partial charge in [-0.15, -0.1) is 0 Å². The third-order valence-electron chi connectivity index (χ3n) is 6.95. The molecule has 0 aromatic rings. The molecule has 0 bridgehead atoms. The van der Waals surface area contributed by atoms with Crippen molar-refractivity contribution in [2.45, 2.75) is 142 Å². The first-order valence-electron chi connectivity index (χ1n) is 16.0. The third kappa shape index (κ3) is 34.1. The summed E-state index contributed by atoms with van der Waals surface area (Å²) >= 11 is 0. The minimum absolute atomic E-state index is 0. The second kappa shape index (κ2) is 30.1. The second-order valence-corrected chi connectivity index (χ2v) is 12.1. The molecule has 38 heavy (non-hydrogen) atoms. The van der Waals surface area contributed by atoms with Crippen LogP contribution in [-0.4, -0.2) is 84.0 Å². The van der Waals surface area contributed by atoms with Crippen LogP contribution in [-0.2, 0) is 18.9 Å². The van der Waals surface area contributed by atoms with Crippen LogP contribution in [0.2, 0.25) is 0 Å². The molecule has 0 saturated carbocycles. The van der Waals surface area contributed by atoms with Crippen LogP contribution in [0, 0.1) is 0 Å². The fourth-order valence-electron chi connectivity index (χ4n) is 4.43. The standard InChI is InChI=1S/C32H68NO4.ClH/c1-7-8-9-10-11-12-13-14-15-16-17-18-19-20-22-31(2)37-32(3)23-27-34-25-21-26-35-29-30-36-28-24-33(4,5)6;/h31-32H,7-30H2,1-6H3;1H/q+1;/p-1. The van der Waals surface area contributed by atoms with Crippen LogP contribution in [0.5, 0.6) is 0 Å². The Balaban J connectivity index is 0. The van der Waals surface area contributed by atoms with Gasteiger partial charge in [0.25, 0.3) is 0 Å². The van der Waals surface area contributed by atoms with Gasteiger partial charge in [-0.3, -0.25) is 0 Å². The van der Waals surface area contributed by atoms with Crippen molar-refractivity contribution in [3.63, 3.8) is 0 Å². The van der Waals surface area contributed by atoms with Crippen LogP contribution in [0.1, 0.15) is 130 Å². The first kappa shape index (κ1) is 40.2. The van der Waals surface area contributed by atoms with Crippen molar-refractivity contribution in [3.05, 3.63) is 0 Å². The monoisotopic (exact) mass is 565 g/mol. The average Bonchev–Trinajstić information content (AvgIpc) is 2.84. The summed E-state index contributed by atoms with van der Waals surface area (Å²) in [5, 5.41) is 0. The summed E-state index contributed by atoms with van der Waals surface area (Å²) < 4.78 is 24.1. The van der Waals surface area contributed by atoms with Crippen molar-refractivity contribution in [2.75, 3.05) is 67.3 Å². The van der Waals surface area contributed by atoms with Gasteiger partial charge in [0.1, 0.15) is 6.54 Å². The molecule has 2 unspecified atom stereocenters. The first-order valence-corrected chi connectivity index (χ1v) is 16.0. The Bertz CT molecular complexity index is 448. The lowest BCUT2D eigenvalue weighted by Crippen LogP contribution is -3.00. The molecule has 0 aromatic carbocycles. The summed E-state index contributed by atoms with van der Waals surface area (Å²) in [6, 6.07) is 0. The number of hydrogen-bond acceptors (Lipinski definition) is 4. The van der Waals surface area contributed by atoms with E-state index >= 15 is 0 Å². The van der Waals surface area contributed by atoms with Crippen molar-refractivity contribution in [3.8, 4) is 0 Å². The Labute approximate surface area is 245 Å². The van der Waals surface area contributed by atoms with Gasteiger partial charge in [-0.05, 0) is 33.1 Å². The van der Waals surface area contributed by atoms with Crippen molar-refractivity contribution in [1.29, 1.82) is 0 Å². The molecule has 0 radical (unpaired) electrons. The van der Waals surface area contributed by atoms with Crippen LogP contribution < -0.4 is 12.4 Å². The van der Waals surface area contributed by atoms with Crippen molar-refractivity contribution in [1.82, 2.24) is 0 Å². The predicted octanol–water partition coefficient (Wildman–Crippen LogP) is 5.19. The van der Waals surface area contributed by atoms with E-state index in [1.807, 2.05) is 0 Å². The average molecular weight is 566 g/mol. The van der Waals surface area contributed by atoms with Gasteiger partial charge in [-0.2, -0.15) is 0 Å². The summed E-state index contributed by atoms with van der Waals surface area (Å²) in [6.45, 7) is 12.1. The van der Waals surface area contributed by atoms with E-state index in [0.717, 1.165) is 50.3 Å². The van der Waals surface area contributed by atoms with E-state index in [0.29, 0.717) is 19.3 Å². The molecule has 0 heterocycles. The molecule has 0 spiro atoms. The van der Waals surface area contributed by atoms with Gasteiger partial charge in [0, 0.05) is 19.8 Å². The molecular weight excluding hydrogens is 498 g/mol. The molecule has 0 aliphatic carbocycles. The third-order valence-corrected chi connectivity index (χ3v) is 6.95. The number of ether oxygens (including phenoxy) is 4. The highest BCUT2D eigenvalue weighted by Crippen LogP contribution is 2.15. The number of nitrogens with zero attached hydrogens (tertiary/aromatic N) is 1. The normalized spacial score (nSPS) is 13.4. The van der Waals surface area contributed by atoms with Gasteiger partial charge in [0.15, 0.2) is 0 Å². The van der Waals surface area contributed by atoms with Crippen LogP contribution in [0.4, 0.5) is 0 Å². The molecule has 0 rings (SSSR count). The van der Waals surface area contributed by atoms with Gasteiger partial charge in [-0.1, -0.05) is 96.8 Å². The number of halogens is 1. The zero-order chi connectivity index (χ0) is 27.5. The number of quaternary nitrogens is 1. The van der Waals surface area contributed by atoms with Crippen molar-refractivity contribution < 1.29 is 35.8 Å². The van der Waals surface area contributed by atoms with Crippen molar-refractivity contribution in [2.24, 2.45) is 0 Å². The van der Waals surface area contributed by atoms with Crippen molar-refractivity contribution >= 4 is 0 Å². The molecule has 0 aromatic heterocycles. The summed E-state index contributed by atoms with van der Waals surface area (Å²) in [5.41, 5.74) is 0. The maximum absolute atomic E-state index is 6.16. The summed E-state index contributed by atoms with van der Waals surface area (Å²) in [6.07, 6.45) is 23.5. The maximum atomic E-state index is 6.16. The molecule has 0 amide bonds. The smallest absolute Gasteiger partial charge is 0.102 e. The lowest BCUT2D eigenvalue weighted by molar-refractivity contribution is -0.870. The first-order chi connectivity index (χ1) is 17.8. The van der Waals surface area contributed by atoms with E-state index in [4.69, 9.17) is 18.9 Å². The predicted molar refractivity (Wildman–Crippen MR) is 160 cm³/mol. The minimum Gasteiger partial charge on any atom is -1.00 e. The second-order valence-electron chi connectivity index (χ2n) is 12.1. The Morgan fingerprint density at radius 2 is 0.895 bits per heavy atom. The van der Waals surface area contributed by atoms with Crippen LogP contribution >= 0.6 is 0 Å². The molecule has 0 aliphatic rings. The quantitative estimate of drug-likeness (QED) is 0.0887. The number of rotatable bonds is 30. The van der Waals surface area contributed by atoms with Gasteiger partial charge in [0.05, 0.1) is 53.2 Å². The van der Waals surface area contributed by atoms with Crippen LogP contribution in [0.15, 0.2) is 0 Å². The van der Waals surface area contributed by atoms with E-state index in [9.17, 15) is 0 Å². The highest BCUT2D eigenvalue weighted by molar-refractivity contribution is 4.57. The van der Waals surface area contributed by atoms with Gasteiger partial charge in [0.2, 0.25) is 0 Å². The maximum Gasteiger partial charge on any atom is 0.102 e. The van der Waals surface area contributed by atoms with E-state index in [1.54, 1.807) is 0 Å². The molecule has 232 valence electrons. The van der Waals surface area contributed by atoms with E-state index in [-0.39, 0.29) is 18.5 Å². The largest absolute Gasteiger partial charge is 1.00 e. The number of hydrogen-bond donors (Lipinski definition) is 0. The number of likely N-dealkylation sites (N-methyl/N-ethyl adjacent to an activating group) is 1. The van der Waals surface area contributed by atoms with Gasteiger partial charge >= 0.3 is 0 Å². The molecular formula is C32H68ClNO4. The molecule has 0 aliphatic heterocycles. The molecule has 2 atom stereocenters.